The Bertz CT molecular complexity index is 507. The Morgan fingerprint density at radius 1 is 1.28 bits per heavy atom. The Morgan fingerprint density at radius 3 is 2.83 bits per heavy atom. The van der Waals surface area contributed by atoms with Crippen molar-refractivity contribution in [3.8, 4) is 5.75 Å². The number of nitrogens with one attached hydrogen (secondary N) is 1. The number of thioether (sulfide) groups is 1. The normalized spacial score (nSPS) is 10.4. The second-order valence-corrected chi connectivity index (χ2v) is 5.19. The van der Waals surface area contributed by atoms with Gasteiger partial charge in [0.05, 0.1) is 12.4 Å². The van der Waals surface area contributed by atoms with E-state index in [-0.39, 0.29) is 0 Å². The van der Waals surface area contributed by atoms with Gasteiger partial charge in [0.2, 0.25) is 0 Å². The molecule has 0 amide bonds. The second kappa shape index (κ2) is 7.28. The van der Waals surface area contributed by atoms with Gasteiger partial charge < -0.3 is 14.1 Å². The summed E-state index contributed by atoms with van der Waals surface area (Å²) in [6, 6.07) is 9.87. The summed E-state index contributed by atoms with van der Waals surface area (Å²) in [6.07, 6.45) is 2.83. The summed E-state index contributed by atoms with van der Waals surface area (Å²) >= 11 is 6.67. The first-order valence-corrected chi connectivity index (χ1v) is 7.34. The fourth-order valence-electron chi connectivity index (χ4n) is 1.43. The zero-order valence-electron chi connectivity index (χ0n) is 9.93. The molecule has 1 N–H and O–H groups in total. The Labute approximate surface area is 116 Å². The van der Waals surface area contributed by atoms with Crippen molar-refractivity contribution in [1.82, 2.24) is 4.98 Å². The highest BCUT2D eigenvalue weighted by Crippen LogP contribution is 2.14. The molecular formula is C13H15NO2S2. The molecule has 3 nitrogen and oxygen atoms in total. The highest BCUT2D eigenvalue weighted by atomic mass is 32.2. The van der Waals surface area contributed by atoms with Crippen LogP contribution < -0.4 is 4.74 Å². The summed E-state index contributed by atoms with van der Waals surface area (Å²) in [5, 5.41) is 0. The van der Waals surface area contributed by atoms with E-state index in [9.17, 15) is 0 Å². The summed E-state index contributed by atoms with van der Waals surface area (Å²) in [5.74, 6) is 3.71. The molecule has 0 atom stereocenters. The second-order valence-electron chi connectivity index (χ2n) is 3.71. The number of ether oxygens (including phenoxy) is 1. The minimum atomic E-state index is 0.443. The lowest BCUT2D eigenvalue weighted by atomic mass is 10.3. The van der Waals surface area contributed by atoms with Gasteiger partial charge in [-0.05, 0) is 36.5 Å². The third kappa shape index (κ3) is 4.58. The van der Waals surface area contributed by atoms with Gasteiger partial charge in [-0.15, -0.1) is 0 Å². The van der Waals surface area contributed by atoms with Crippen molar-refractivity contribution in [3.63, 3.8) is 0 Å². The molecule has 0 bridgehead atoms. The first-order valence-electron chi connectivity index (χ1n) is 5.77. The monoisotopic (exact) mass is 281 g/mol. The predicted octanol–water partition coefficient (Wildman–Crippen LogP) is 4.04. The molecule has 0 aliphatic rings. The third-order valence-electron chi connectivity index (χ3n) is 2.26. The molecule has 5 heteroatoms. The van der Waals surface area contributed by atoms with E-state index in [2.05, 4.69) is 4.98 Å². The van der Waals surface area contributed by atoms with Crippen LogP contribution in [0.2, 0.25) is 0 Å². The molecule has 2 aromatic rings. The summed E-state index contributed by atoms with van der Waals surface area (Å²) in [6.45, 7) is 0.744. The Kier molecular flexibility index (Phi) is 5.36. The van der Waals surface area contributed by atoms with E-state index in [0.29, 0.717) is 4.84 Å². The molecule has 0 radical (unpaired) electrons. The molecule has 96 valence electrons. The number of para-hydroxylation sites is 1. The SMILES string of the molecule is S=c1[nH]cc(CSCCCOc2ccccc2)o1. The van der Waals surface area contributed by atoms with Crippen LogP contribution >= 0.6 is 24.0 Å². The Balaban J connectivity index is 1.55. The zero-order valence-corrected chi connectivity index (χ0v) is 11.6. The largest absolute Gasteiger partial charge is 0.494 e. The minimum Gasteiger partial charge on any atom is -0.494 e. The van der Waals surface area contributed by atoms with Crippen molar-refractivity contribution in [2.45, 2.75) is 12.2 Å². The minimum absolute atomic E-state index is 0.443. The van der Waals surface area contributed by atoms with E-state index in [1.54, 1.807) is 0 Å². The third-order valence-corrected chi connectivity index (χ3v) is 3.53. The number of benzene rings is 1. The molecule has 0 spiro atoms. The summed E-state index contributed by atoms with van der Waals surface area (Å²) in [5.41, 5.74) is 0. The lowest BCUT2D eigenvalue weighted by Gasteiger charge is -2.04. The van der Waals surface area contributed by atoms with Crippen molar-refractivity contribution in [2.75, 3.05) is 12.4 Å². The molecule has 0 saturated carbocycles. The van der Waals surface area contributed by atoms with E-state index in [1.807, 2.05) is 48.3 Å². The van der Waals surface area contributed by atoms with E-state index < -0.39 is 0 Å². The van der Waals surface area contributed by atoms with Gasteiger partial charge in [0.15, 0.2) is 0 Å². The molecule has 1 aromatic carbocycles. The molecule has 1 heterocycles. The molecular weight excluding hydrogens is 266 g/mol. The highest BCUT2D eigenvalue weighted by molar-refractivity contribution is 7.98. The summed E-state index contributed by atoms with van der Waals surface area (Å²) in [7, 11) is 0. The first-order chi connectivity index (χ1) is 8.84. The van der Waals surface area contributed by atoms with Crippen molar-refractivity contribution in [2.24, 2.45) is 0 Å². The van der Waals surface area contributed by atoms with Gasteiger partial charge in [0, 0.05) is 6.20 Å². The van der Waals surface area contributed by atoms with Gasteiger partial charge in [-0.25, -0.2) is 0 Å². The number of aromatic amines is 1. The number of oxazole rings is 1. The van der Waals surface area contributed by atoms with Gasteiger partial charge in [-0.2, -0.15) is 11.8 Å². The van der Waals surface area contributed by atoms with Crippen LogP contribution in [0.15, 0.2) is 40.9 Å². The maximum Gasteiger partial charge on any atom is 0.266 e. The van der Waals surface area contributed by atoms with Crippen LogP contribution in [-0.4, -0.2) is 17.3 Å². The molecule has 1 aromatic heterocycles. The standard InChI is InChI=1S/C13H15NO2S2/c17-13-14-9-12(16-13)10-18-8-4-7-15-11-5-2-1-3-6-11/h1-3,5-6,9H,4,7-8,10H2,(H,14,17). The van der Waals surface area contributed by atoms with Crippen molar-refractivity contribution in [1.29, 1.82) is 0 Å². The van der Waals surface area contributed by atoms with Crippen LogP contribution in [0.25, 0.3) is 0 Å². The molecule has 0 saturated heterocycles. The van der Waals surface area contributed by atoms with Gasteiger partial charge in [0.1, 0.15) is 11.5 Å². The summed E-state index contributed by atoms with van der Waals surface area (Å²) in [4.78, 5) is 3.29. The van der Waals surface area contributed by atoms with Crippen LogP contribution in [0.5, 0.6) is 5.75 Å². The molecule has 0 aliphatic carbocycles. The molecule has 0 fully saturated rings. The van der Waals surface area contributed by atoms with Gasteiger partial charge in [-0.1, -0.05) is 18.2 Å². The Morgan fingerprint density at radius 2 is 2.11 bits per heavy atom. The number of H-pyrrole nitrogens is 1. The molecule has 18 heavy (non-hydrogen) atoms. The number of hydrogen-bond donors (Lipinski definition) is 1. The molecule has 0 unspecified atom stereocenters. The van der Waals surface area contributed by atoms with Crippen molar-refractivity contribution < 1.29 is 9.15 Å². The number of hydrogen-bond acceptors (Lipinski definition) is 4. The predicted molar refractivity (Wildman–Crippen MR) is 76.6 cm³/mol. The lowest BCUT2D eigenvalue weighted by Crippen LogP contribution is -1.98. The Hall–Kier alpha value is -1.20. The van der Waals surface area contributed by atoms with Gasteiger partial charge in [0.25, 0.3) is 4.84 Å². The first kappa shape index (κ1) is 13.2. The van der Waals surface area contributed by atoms with E-state index in [4.69, 9.17) is 21.4 Å². The van der Waals surface area contributed by atoms with Crippen LogP contribution in [0.1, 0.15) is 12.2 Å². The fourth-order valence-corrected chi connectivity index (χ4v) is 2.40. The maximum atomic E-state index is 5.60. The number of aromatic nitrogens is 1. The van der Waals surface area contributed by atoms with E-state index in [0.717, 1.165) is 36.0 Å². The van der Waals surface area contributed by atoms with Crippen LogP contribution in [0, 0.1) is 4.84 Å². The van der Waals surface area contributed by atoms with Crippen molar-refractivity contribution >= 4 is 24.0 Å². The smallest absolute Gasteiger partial charge is 0.266 e. The average molecular weight is 281 g/mol. The topological polar surface area (TPSA) is 38.2 Å². The fraction of sp³-hybridized carbons (Fsp3) is 0.308. The quantitative estimate of drug-likeness (QED) is 0.614. The van der Waals surface area contributed by atoms with Crippen LogP contribution in [0.4, 0.5) is 0 Å². The van der Waals surface area contributed by atoms with Gasteiger partial charge in [-0.3, -0.25) is 0 Å². The highest BCUT2D eigenvalue weighted by Gasteiger charge is 1.98. The number of rotatable bonds is 7. The maximum absolute atomic E-state index is 5.60. The lowest BCUT2D eigenvalue weighted by molar-refractivity contribution is 0.318. The van der Waals surface area contributed by atoms with Crippen LogP contribution in [-0.2, 0) is 5.75 Å². The molecule has 0 aliphatic heterocycles. The van der Waals surface area contributed by atoms with Crippen LogP contribution in [0.3, 0.4) is 0 Å². The van der Waals surface area contributed by atoms with E-state index in [1.165, 1.54) is 0 Å². The van der Waals surface area contributed by atoms with Crippen molar-refractivity contribution in [3.05, 3.63) is 47.1 Å². The van der Waals surface area contributed by atoms with E-state index >= 15 is 0 Å². The molecule has 2 rings (SSSR count). The zero-order chi connectivity index (χ0) is 12.6. The summed E-state index contributed by atoms with van der Waals surface area (Å²) < 4.78 is 10.9. The average Bonchev–Trinajstić information content (AvgIpc) is 2.81. The van der Waals surface area contributed by atoms with Gasteiger partial charge >= 0.3 is 0 Å².